The van der Waals surface area contributed by atoms with Crippen molar-refractivity contribution in [2.75, 3.05) is 4.90 Å². The molecule has 3 aliphatic rings. The molecule has 6 heteroatoms. The fraction of sp³-hybridized carbons (Fsp3) is 0.423. The second-order valence-corrected chi connectivity index (χ2v) is 9.20. The average Bonchev–Trinajstić information content (AvgIpc) is 3.53. The summed E-state index contributed by atoms with van der Waals surface area (Å²) in [5, 5.41) is 0. The van der Waals surface area contributed by atoms with E-state index in [-0.39, 0.29) is 48.7 Å². The summed E-state index contributed by atoms with van der Waals surface area (Å²) >= 11 is 0. The van der Waals surface area contributed by atoms with Crippen LogP contribution in [-0.4, -0.2) is 42.9 Å². The Bertz CT molecular complexity index is 1030. The van der Waals surface area contributed by atoms with E-state index in [1.807, 2.05) is 23.1 Å². The Balaban J connectivity index is 1.57. The summed E-state index contributed by atoms with van der Waals surface area (Å²) in [6.07, 6.45) is 6.30. The number of carbonyl (C=O) groups excluding carboxylic acids is 3. The highest BCUT2D eigenvalue weighted by Crippen LogP contribution is 2.52. The SMILES string of the molecule is [B]c1ccc(C(=O)N2c3ccccc3C(N(C(=O)CCC=O)C3CC3)C3CCCC32)cc1. The van der Waals surface area contributed by atoms with Gasteiger partial charge in [-0.05, 0) is 37.3 Å². The third-order valence-corrected chi connectivity index (χ3v) is 7.16. The van der Waals surface area contributed by atoms with Crippen LogP contribution in [0.2, 0.25) is 0 Å². The maximum Gasteiger partial charge on any atom is 0.258 e. The minimum absolute atomic E-state index is 0.0157. The van der Waals surface area contributed by atoms with Gasteiger partial charge in [0.05, 0.1) is 6.04 Å². The lowest BCUT2D eigenvalue weighted by Crippen LogP contribution is -2.52. The van der Waals surface area contributed by atoms with Crippen LogP contribution < -0.4 is 10.4 Å². The fourth-order valence-corrected chi connectivity index (χ4v) is 5.66. The van der Waals surface area contributed by atoms with Crippen molar-refractivity contribution in [2.24, 2.45) is 5.92 Å². The smallest absolute Gasteiger partial charge is 0.258 e. The van der Waals surface area contributed by atoms with Gasteiger partial charge in [-0.2, -0.15) is 0 Å². The maximum atomic E-state index is 13.7. The largest absolute Gasteiger partial charge is 0.332 e. The molecule has 1 aliphatic heterocycles. The predicted molar refractivity (Wildman–Crippen MR) is 124 cm³/mol. The molecule has 3 atom stereocenters. The monoisotopic (exact) mass is 426 g/mol. The zero-order valence-electron chi connectivity index (χ0n) is 18.2. The number of anilines is 1. The maximum absolute atomic E-state index is 13.7. The van der Waals surface area contributed by atoms with Crippen molar-refractivity contribution >= 4 is 37.1 Å². The lowest BCUT2D eigenvalue weighted by Gasteiger charge is -2.48. The minimum atomic E-state index is -0.0409. The van der Waals surface area contributed by atoms with Crippen LogP contribution in [0.5, 0.6) is 0 Å². The number of rotatable bonds is 6. The predicted octanol–water partition coefficient (Wildman–Crippen LogP) is 3.32. The van der Waals surface area contributed by atoms with Crippen LogP contribution in [-0.2, 0) is 9.59 Å². The van der Waals surface area contributed by atoms with Gasteiger partial charge >= 0.3 is 0 Å². The number of nitrogens with zero attached hydrogens (tertiary/aromatic N) is 2. The van der Waals surface area contributed by atoms with Gasteiger partial charge in [0.1, 0.15) is 14.1 Å². The molecule has 2 radical (unpaired) electrons. The molecule has 162 valence electrons. The number of aldehydes is 1. The molecule has 0 spiro atoms. The molecule has 2 amide bonds. The highest BCUT2D eigenvalue weighted by molar-refractivity contribution is 6.32. The van der Waals surface area contributed by atoms with E-state index >= 15 is 0 Å². The van der Waals surface area contributed by atoms with Gasteiger partial charge in [-0.15, -0.1) is 0 Å². The second-order valence-electron chi connectivity index (χ2n) is 9.20. The molecular weight excluding hydrogens is 399 g/mol. The molecule has 2 aromatic carbocycles. The summed E-state index contributed by atoms with van der Waals surface area (Å²) in [4.78, 5) is 41.9. The first kappa shape index (κ1) is 21.0. The minimum Gasteiger partial charge on any atom is -0.332 e. The second kappa shape index (κ2) is 8.57. The Hall–Kier alpha value is -2.89. The first-order chi connectivity index (χ1) is 15.6. The van der Waals surface area contributed by atoms with Gasteiger partial charge in [-0.3, -0.25) is 9.59 Å². The van der Waals surface area contributed by atoms with Crippen LogP contribution in [0.1, 0.15) is 66.9 Å². The highest BCUT2D eigenvalue weighted by atomic mass is 16.2. The molecule has 0 bridgehead atoms. The van der Waals surface area contributed by atoms with Crippen LogP contribution in [0, 0.1) is 5.92 Å². The van der Waals surface area contributed by atoms with Crippen molar-refractivity contribution in [1.82, 2.24) is 4.90 Å². The van der Waals surface area contributed by atoms with E-state index in [0.29, 0.717) is 11.0 Å². The van der Waals surface area contributed by atoms with E-state index in [2.05, 4.69) is 11.0 Å². The van der Waals surface area contributed by atoms with Crippen molar-refractivity contribution < 1.29 is 14.4 Å². The van der Waals surface area contributed by atoms with E-state index in [1.165, 1.54) is 0 Å². The molecule has 2 saturated carbocycles. The molecule has 2 aromatic rings. The quantitative estimate of drug-likeness (QED) is 0.526. The van der Waals surface area contributed by atoms with Gasteiger partial charge in [-0.25, -0.2) is 0 Å². The number of hydrogen-bond acceptors (Lipinski definition) is 3. The summed E-state index contributed by atoms with van der Waals surface area (Å²) in [5.74, 6) is 0.241. The van der Waals surface area contributed by atoms with Crippen LogP contribution in [0.4, 0.5) is 5.69 Å². The number of carbonyl (C=O) groups is 3. The summed E-state index contributed by atoms with van der Waals surface area (Å²) in [6.45, 7) is 0. The summed E-state index contributed by atoms with van der Waals surface area (Å²) in [7, 11) is 5.83. The Kier molecular flexibility index (Phi) is 5.62. The van der Waals surface area contributed by atoms with Gasteiger partial charge in [0.2, 0.25) is 5.91 Å². The Morgan fingerprint density at radius 2 is 1.78 bits per heavy atom. The third kappa shape index (κ3) is 3.66. The van der Waals surface area contributed by atoms with Crippen LogP contribution in [0.15, 0.2) is 48.5 Å². The molecule has 5 rings (SSSR count). The molecule has 2 aliphatic carbocycles. The Morgan fingerprint density at radius 1 is 1.03 bits per heavy atom. The van der Waals surface area contributed by atoms with Crippen LogP contribution >= 0.6 is 0 Å². The average molecular weight is 426 g/mol. The molecule has 0 aromatic heterocycles. The lowest BCUT2D eigenvalue weighted by molar-refractivity contribution is -0.136. The van der Waals surface area contributed by atoms with Crippen LogP contribution in [0.25, 0.3) is 0 Å². The fourth-order valence-electron chi connectivity index (χ4n) is 5.66. The molecule has 3 unspecified atom stereocenters. The van der Waals surface area contributed by atoms with Gasteiger partial charge in [-0.1, -0.05) is 54.3 Å². The number of benzene rings is 2. The summed E-state index contributed by atoms with van der Waals surface area (Å²) in [5.41, 5.74) is 3.20. The first-order valence-electron chi connectivity index (χ1n) is 11.6. The van der Waals surface area contributed by atoms with Crippen molar-refractivity contribution in [3.8, 4) is 0 Å². The molecule has 5 nitrogen and oxygen atoms in total. The molecule has 32 heavy (non-hydrogen) atoms. The van der Waals surface area contributed by atoms with E-state index in [0.717, 1.165) is 49.6 Å². The molecule has 0 N–H and O–H groups in total. The lowest BCUT2D eigenvalue weighted by atomic mass is 9.81. The van der Waals surface area contributed by atoms with Gasteiger partial charge in [0.15, 0.2) is 0 Å². The zero-order chi connectivity index (χ0) is 22.2. The van der Waals surface area contributed by atoms with Gasteiger partial charge < -0.3 is 14.6 Å². The van der Waals surface area contributed by atoms with Crippen LogP contribution in [0.3, 0.4) is 0 Å². The summed E-state index contributed by atoms with van der Waals surface area (Å²) in [6, 6.07) is 15.4. The molecule has 1 heterocycles. The van der Waals surface area contributed by atoms with Gasteiger partial charge in [0.25, 0.3) is 5.91 Å². The van der Waals surface area contributed by atoms with Crippen molar-refractivity contribution in [3.05, 3.63) is 59.7 Å². The molecule has 0 saturated heterocycles. The standard InChI is InChI=1S/C26H27BN2O3/c27-18-12-10-17(11-13-18)26(32)29-22-7-2-1-5-20(22)25(21-6-3-8-23(21)29)28(19-14-15-19)24(31)9-4-16-30/h1-2,5,7,10-13,16,19,21,23,25H,3-4,6,8-9,14-15H2. The van der Waals surface area contributed by atoms with E-state index in [1.54, 1.807) is 24.3 Å². The van der Waals surface area contributed by atoms with Crippen molar-refractivity contribution in [3.63, 3.8) is 0 Å². The number of para-hydroxylation sites is 1. The van der Waals surface area contributed by atoms with Crippen molar-refractivity contribution in [2.45, 2.75) is 63.1 Å². The highest BCUT2D eigenvalue weighted by Gasteiger charge is 2.51. The molecular formula is C26H27BN2O3. The van der Waals surface area contributed by atoms with E-state index in [4.69, 9.17) is 7.85 Å². The number of fused-ring (bicyclic) bond motifs is 2. The Labute approximate surface area is 190 Å². The molecule has 2 fully saturated rings. The third-order valence-electron chi connectivity index (χ3n) is 7.16. The van der Waals surface area contributed by atoms with Crippen molar-refractivity contribution in [1.29, 1.82) is 0 Å². The number of amides is 2. The van der Waals surface area contributed by atoms with E-state index in [9.17, 15) is 14.4 Å². The first-order valence-corrected chi connectivity index (χ1v) is 11.6. The number of hydrogen-bond donors (Lipinski definition) is 0. The summed E-state index contributed by atoms with van der Waals surface area (Å²) < 4.78 is 0. The topological polar surface area (TPSA) is 57.7 Å². The van der Waals surface area contributed by atoms with Gasteiger partial charge in [0, 0.05) is 42.1 Å². The Morgan fingerprint density at radius 3 is 2.50 bits per heavy atom. The zero-order valence-corrected chi connectivity index (χ0v) is 18.2. The van der Waals surface area contributed by atoms with E-state index < -0.39 is 0 Å². The normalized spacial score (nSPS) is 23.9.